The lowest BCUT2D eigenvalue weighted by Crippen LogP contribution is -2.13. The molecule has 0 aliphatic carbocycles. The summed E-state index contributed by atoms with van der Waals surface area (Å²) in [6.07, 6.45) is 1.09. The van der Waals surface area contributed by atoms with Crippen LogP contribution in [0.1, 0.15) is 24.1 Å². The normalized spacial score (nSPS) is 18.6. The van der Waals surface area contributed by atoms with Crippen LogP contribution in [0, 0.1) is 0 Å². The molecule has 2 aromatic rings. The van der Waals surface area contributed by atoms with Gasteiger partial charge in [0.15, 0.2) is 0 Å². The van der Waals surface area contributed by atoms with Crippen LogP contribution in [0.15, 0.2) is 53.4 Å². The average molecular weight is 285 g/mol. The van der Waals surface area contributed by atoms with Crippen LogP contribution in [-0.4, -0.2) is 11.9 Å². The van der Waals surface area contributed by atoms with Crippen molar-refractivity contribution in [1.82, 2.24) is 0 Å². The van der Waals surface area contributed by atoms with Crippen molar-refractivity contribution in [2.45, 2.75) is 29.5 Å². The highest BCUT2D eigenvalue weighted by Gasteiger charge is 2.22. The molecule has 0 fully saturated rings. The van der Waals surface area contributed by atoms with Gasteiger partial charge in [-0.05, 0) is 42.7 Å². The van der Waals surface area contributed by atoms with Gasteiger partial charge in [-0.15, -0.1) is 11.8 Å². The fourth-order valence-electron chi connectivity index (χ4n) is 2.42. The maximum Gasteiger partial charge on any atom is 0.119 e. The maximum absolute atomic E-state index is 5.94. The van der Waals surface area contributed by atoms with E-state index in [2.05, 4.69) is 24.3 Å². The Morgan fingerprint density at radius 2 is 2.10 bits per heavy atom. The molecule has 0 radical (unpaired) electrons. The Bertz CT molecular complexity index is 572. The number of thioether (sulfide) groups is 1. The van der Waals surface area contributed by atoms with Crippen LogP contribution in [0.2, 0.25) is 0 Å². The standard InChI is InChI=1S/C17H19NOS/c1-12(18)13-6-4-7-15(9-13)19-11-16-10-14-5-2-3-8-17(14)20-16/h2-9,12,16H,10-11,18H2,1H3. The third-order valence-corrected chi connectivity index (χ3v) is 4.82. The first kappa shape index (κ1) is 13.5. The van der Waals surface area contributed by atoms with E-state index in [0.29, 0.717) is 5.25 Å². The van der Waals surface area contributed by atoms with Crippen molar-refractivity contribution in [1.29, 1.82) is 0 Å². The van der Waals surface area contributed by atoms with E-state index < -0.39 is 0 Å². The first-order chi connectivity index (χ1) is 9.72. The zero-order chi connectivity index (χ0) is 13.9. The number of fused-ring (bicyclic) bond motifs is 1. The Balaban J connectivity index is 1.60. The Labute approximate surface area is 124 Å². The van der Waals surface area contributed by atoms with Gasteiger partial charge < -0.3 is 10.5 Å². The SMILES string of the molecule is CC(N)c1cccc(OCC2Cc3ccccc3S2)c1. The summed E-state index contributed by atoms with van der Waals surface area (Å²) in [6.45, 7) is 2.73. The maximum atomic E-state index is 5.94. The summed E-state index contributed by atoms with van der Waals surface area (Å²) in [5, 5.41) is 0.506. The second-order valence-corrected chi connectivity index (χ2v) is 6.57. The largest absolute Gasteiger partial charge is 0.492 e. The third kappa shape index (κ3) is 3.00. The molecule has 2 nitrogen and oxygen atoms in total. The molecule has 104 valence electrons. The van der Waals surface area contributed by atoms with E-state index in [1.54, 1.807) is 0 Å². The predicted molar refractivity (Wildman–Crippen MR) is 84.3 cm³/mol. The monoisotopic (exact) mass is 285 g/mol. The van der Waals surface area contributed by atoms with Gasteiger partial charge in [0, 0.05) is 16.2 Å². The van der Waals surface area contributed by atoms with E-state index in [0.717, 1.165) is 24.3 Å². The van der Waals surface area contributed by atoms with E-state index in [1.165, 1.54) is 10.5 Å². The second-order valence-electron chi connectivity index (χ2n) is 5.22. The van der Waals surface area contributed by atoms with E-state index in [1.807, 2.05) is 43.0 Å². The van der Waals surface area contributed by atoms with Gasteiger partial charge in [-0.25, -0.2) is 0 Å². The highest BCUT2D eigenvalue weighted by molar-refractivity contribution is 8.00. The minimum atomic E-state index is 0.0451. The molecular weight excluding hydrogens is 266 g/mol. The summed E-state index contributed by atoms with van der Waals surface area (Å²) in [5.41, 5.74) is 8.45. The van der Waals surface area contributed by atoms with E-state index >= 15 is 0 Å². The van der Waals surface area contributed by atoms with Gasteiger partial charge in [0.25, 0.3) is 0 Å². The van der Waals surface area contributed by atoms with Crippen molar-refractivity contribution in [3.05, 3.63) is 59.7 Å². The molecule has 0 amide bonds. The molecular formula is C17H19NOS. The molecule has 2 unspecified atom stereocenters. The molecule has 1 aliphatic rings. The third-order valence-electron chi connectivity index (χ3n) is 3.53. The van der Waals surface area contributed by atoms with Gasteiger partial charge in [0.2, 0.25) is 0 Å². The molecule has 0 spiro atoms. The van der Waals surface area contributed by atoms with Gasteiger partial charge >= 0.3 is 0 Å². The molecule has 2 N–H and O–H groups in total. The van der Waals surface area contributed by atoms with Gasteiger partial charge in [-0.1, -0.05) is 30.3 Å². The quantitative estimate of drug-likeness (QED) is 0.928. The summed E-state index contributed by atoms with van der Waals surface area (Å²) >= 11 is 1.92. The number of benzene rings is 2. The molecule has 0 aromatic heterocycles. The van der Waals surface area contributed by atoms with Crippen molar-refractivity contribution in [2.75, 3.05) is 6.61 Å². The second kappa shape index (κ2) is 5.90. The van der Waals surface area contributed by atoms with Crippen LogP contribution in [0.4, 0.5) is 0 Å². The van der Waals surface area contributed by atoms with Crippen molar-refractivity contribution >= 4 is 11.8 Å². The van der Waals surface area contributed by atoms with Gasteiger partial charge in [-0.2, -0.15) is 0 Å². The van der Waals surface area contributed by atoms with Crippen LogP contribution in [0.3, 0.4) is 0 Å². The number of nitrogens with two attached hydrogens (primary N) is 1. The average Bonchev–Trinajstić information content (AvgIpc) is 2.88. The molecule has 20 heavy (non-hydrogen) atoms. The van der Waals surface area contributed by atoms with Crippen molar-refractivity contribution in [3.63, 3.8) is 0 Å². The van der Waals surface area contributed by atoms with E-state index in [-0.39, 0.29) is 6.04 Å². The van der Waals surface area contributed by atoms with Crippen LogP contribution in [0.25, 0.3) is 0 Å². The summed E-state index contributed by atoms with van der Waals surface area (Å²) in [4.78, 5) is 1.39. The predicted octanol–water partition coefficient (Wildman–Crippen LogP) is 3.80. The van der Waals surface area contributed by atoms with E-state index in [4.69, 9.17) is 10.5 Å². The summed E-state index contributed by atoms with van der Waals surface area (Å²) in [6, 6.07) is 16.7. The minimum Gasteiger partial charge on any atom is -0.492 e. The molecule has 0 saturated carbocycles. The molecule has 0 saturated heterocycles. The van der Waals surface area contributed by atoms with Gasteiger partial charge in [0.1, 0.15) is 12.4 Å². The summed E-state index contributed by atoms with van der Waals surface area (Å²) < 4.78 is 5.94. The minimum absolute atomic E-state index is 0.0451. The van der Waals surface area contributed by atoms with Crippen molar-refractivity contribution in [2.24, 2.45) is 5.73 Å². The number of hydrogen-bond donors (Lipinski definition) is 1. The zero-order valence-electron chi connectivity index (χ0n) is 11.6. The fourth-order valence-corrected chi connectivity index (χ4v) is 3.64. The zero-order valence-corrected chi connectivity index (χ0v) is 12.4. The Morgan fingerprint density at radius 1 is 1.25 bits per heavy atom. The Kier molecular flexibility index (Phi) is 3.99. The topological polar surface area (TPSA) is 35.2 Å². The van der Waals surface area contributed by atoms with Crippen LogP contribution in [0.5, 0.6) is 5.75 Å². The first-order valence-corrected chi connectivity index (χ1v) is 7.83. The summed E-state index contributed by atoms with van der Waals surface area (Å²) in [7, 11) is 0. The number of ether oxygens (including phenoxy) is 1. The highest BCUT2D eigenvalue weighted by atomic mass is 32.2. The molecule has 1 aliphatic heterocycles. The van der Waals surface area contributed by atoms with Crippen LogP contribution < -0.4 is 10.5 Å². The number of rotatable bonds is 4. The summed E-state index contributed by atoms with van der Waals surface area (Å²) in [5.74, 6) is 0.913. The van der Waals surface area contributed by atoms with Crippen LogP contribution in [-0.2, 0) is 6.42 Å². The van der Waals surface area contributed by atoms with Gasteiger partial charge in [0.05, 0.1) is 0 Å². The Morgan fingerprint density at radius 3 is 2.90 bits per heavy atom. The molecule has 3 heteroatoms. The molecule has 3 rings (SSSR count). The fraction of sp³-hybridized carbons (Fsp3) is 0.294. The molecule has 0 bridgehead atoms. The van der Waals surface area contributed by atoms with Crippen LogP contribution >= 0.6 is 11.8 Å². The smallest absolute Gasteiger partial charge is 0.119 e. The Hall–Kier alpha value is -1.45. The van der Waals surface area contributed by atoms with E-state index in [9.17, 15) is 0 Å². The van der Waals surface area contributed by atoms with Crippen molar-refractivity contribution in [3.8, 4) is 5.75 Å². The van der Waals surface area contributed by atoms with Crippen molar-refractivity contribution < 1.29 is 4.74 Å². The molecule has 1 heterocycles. The molecule has 2 atom stereocenters. The number of hydrogen-bond acceptors (Lipinski definition) is 3. The lowest BCUT2D eigenvalue weighted by Gasteiger charge is -2.13. The lowest BCUT2D eigenvalue weighted by molar-refractivity contribution is 0.317. The van der Waals surface area contributed by atoms with Gasteiger partial charge in [-0.3, -0.25) is 0 Å². The lowest BCUT2D eigenvalue weighted by atomic mass is 10.1. The molecule has 2 aromatic carbocycles. The first-order valence-electron chi connectivity index (χ1n) is 6.95. The highest BCUT2D eigenvalue weighted by Crippen LogP contribution is 2.36.